The van der Waals surface area contributed by atoms with Crippen molar-refractivity contribution in [1.29, 1.82) is 0 Å². The maximum absolute atomic E-state index is 12.7. The van der Waals surface area contributed by atoms with Gasteiger partial charge in [-0.05, 0) is 32.6 Å². The van der Waals surface area contributed by atoms with Crippen molar-refractivity contribution in [3.8, 4) is 0 Å². The van der Waals surface area contributed by atoms with Gasteiger partial charge in [0.1, 0.15) is 11.4 Å². The number of hydrogen-bond acceptors (Lipinski definition) is 4. The molecular weight excluding hydrogens is 282 g/mol. The first-order chi connectivity index (χ1) is 9.23. The largest absolute Gasteiger partial charge is 0.480 e. The lowest BCUT2D eigenvalue weighted by molar-refractivity contribution is -0.137. The van der Waals surface area contributed by atoms with Crippen molar-refractivity contribution in [2.24, 2.45) is 13.0 Å². The molecule has 7 nitrogen and oxygen atoms in total. The van der Waals surface area contributed by atoms with Crippen LogP contribution in [0.4, 0.5) is 0 Å². The molecular formula is C12H19N3O4S. The highest BCUT2D eigenvalue weighted by Gasteiger charge is 2.35. The lowest BCUT2D eigenvalue weighted by atomic mass is 10.4. The van der Waals surface area contributed by atoms with Crippen molar-refractivity contribution in [3.63, 3.8) is 0 Å². The van der Waals surface area contributed by atoms with Gasteiger partial charge in [0.15, 0.2) is 0 Å². The summed E-state index contributed by atoms with van der Waals surface area (Å²) in [5.41, 5.74) is 0.921. The zero-order valence-electron chi connectivity index (χ0n) is 11.8. The van der Waals surface area contributed by atoms with Gasteiger partial charge in [-0.15, -0.1) is 0 Å². The fourth-order valence-corrected chi connectivity index (χ4v) is 4.11. The molecule has 112 valence electrons. The average Bonchev–Trinajstić information content (AvgIpc) is 3.06. The molecule has 1 heterocycles. The van der Waals surface area contributed by atoms with Crippen LogP contribution in [0.3, 0.4) is 0 Å². The summed E-state index contributed by atoms with van der Waals surface area (Å²) in [7, 11) is -2.15. The third kappa shape index (κ3) is 2.85. The quantitative estimate of drug-likeness (QED) is 0.827. The number of carboxylic acids is 1. The summed E-state index contributed by atoms with van der Waals surface area (Å²) in [4.78, 5) is 11.1. The van der Waals surface area contributed by atoms with E-state index in [0.717, 1.165) is 17.1 Å². The lowest BCUT2D eigenvalue weighted by Gasteiger charge is -2.20. The van der Waals surface area contributed by atoms with E-state index in [1.165, 1.54) is 4.68 Å². The summed E-state index contributed by atoms with van der Waals surface area (Å²) in [5.74, 6) is -0.866. The van der Waals surface area contributed by atoms with Crippen molar-refractivity contribution in [2.75, 3.05) is 13.1 Å². The molecule has 8 heteroatoms. The Bertz CT molecular complexity index is 631. The molecule has 1 N–H and O–H groups in total. The van der Waals surface area contributed by atoms with Crippen LogP contribution in [-0.2, 0) is 21.9 Å². The Hall–Kier alpha value is -1.41. The van der Waals surface area contributed by atoms with Crippen molar-refractivity contribution in [1.82, 2.24) is 14.1 Å². The van der Waals surface area contributed by atoms with Crippen LogP contribution in [0.25, 0.3) is 0 Å². The Morgan fingerprint density at radius 3 is 2.45 bits per heavy atom. The second kappa shape index (κ2) is 5.17. The first kappa shape index (κ1) is 15.0. The van der Waals surface area contributed by atoms with Crippen molar-refractivity contribution in [2.45, 2.75) is 31.6 Å². The third-order valence-electron chi connectivity index (χ3n) is 3.51. The maximum Gasteiger partial charge on any atom is 0.318 e. The number of aliphatic carboxylic acids is 1. The van der Waals surface area contributed by atoms with Crippen LogP contribution in [-0.4, -0.2) is 46.7 Å². The fraction of sp³-hybridized carbons (Fsp3) is 0.667. The van der Waals surface area contributed by atoms with E-state index in [2.05, 4.69) is 5.10 Å². The van der Waals surface area contributed by atoms with E-state index < -0.39 is 22.5 Å². The molecule has 0 spiro atoms. The molecule has 0 amide bonds. The Morgan fingerprint density at radius 1 is 1.45 bits per heavy atom. The molecule has 1 saturated carbocycles. The number of nitrogens with zero attached hydrogens (tertiary/aromatic N) is 3. The van der Waals surface area contributed by atoms with Crippen LogP contribution in [0.5, 0.6) is 0 Å². The molecule has 0 atom stereocenters. The predicted molar refractivity (Wildman–Crippen MR) is 71.8 cm³/mol. The van der Waals surface area contributed by atoms with E-state index in [-0.39, 0.29) is 17.4 Å². The second-order valence-corrected chi connectivity index (χ2v) is 7.13. The number of aromatic nitrogens is 2. The molecule has 1 aliphatic rings. The highest BCUT2D eigenvalue weighted by Crippen LogP contribution is 2.32. The number of hydrogen-bond donors (Lipinski definition) is 1. The molecule has 20 heavy (non-hydrogen) atoms. The zero-order valence-corrected chi connectivity index (χ0v) is 12.6. The van der Waals surface area contributed by atoms with Crippen LogP contribution in [0.2, 0.25) is 0 Å². The fourth-order valence-electron chi connectivity index (χ4n) is 2.24. The molecule has 2 rings (SSSR count). The molecule has 0 saturated heterocycles. The smallest absolute Gasteiger partial charge is 0.318 e. The minimum absolute atomic E-state index is 0.127. The lowest BCUT2D eigenvalue weighted by Crippen LogP contribution is -2.37. The molecule has 1 aliphatic carbocycles. The van der Waals surface area contributed by atoms with Crippen molar-refractivity contribution in [3.05, 3.63) is 11.4 Å². The predicted octanol–water partition coefficient (Wildman–Crippen LogP) is 0.522. The average molecular weight is 301 g/mol. The molecule has 0 radical (unpaired) electrons. The van der Waals surface area contributed by atoms with Gasteiger partial charge >= 0.3 is 5.97 Å². The molecule has 1 aromatic heterocycles. The highest BCUT2D eigenvalue weighted by atomic mass is 32.2. The minimum Gasteiger partial charge on any atom is -0.480 e. The number of carboxylic acid groups (broad SMARTS) is 1. The topological polar surface area (TPSA) is 92.5 Å². The standard InChI is InChI=1S/C12H19N3O4S/c1-8-12(9(2)14(3)13-8)20(18,19)15(7-11(16)17)6-10-4-5-10/h10H,4-7H2,1-3H3,(H,16,17). The summed E-state index contributed by atoms with van der Waals surface area (Å²) in [6.07, 6.45) is 1.91. The molecule has 0 unspecified atom stereocenters. The summed E-state index contributed by atoms with van der Waals surface area (Å²) < 4.78 is 27.9. The van der Waals surface area contributed by atoms with Gasteiger partial charge in [-0.2, -0.15) is 9.40 Å². The zero-order chi connectivity index (χ0) is 15.1. The Morgan fingerprint density at radius 2 is 2.05 bits per heavy atom. The van der Waals surface area contributed by atoms with Crippen LogP contribution in [0.1, 0.15) is 24.2 Å². The van der Waals surface area contributed by atoms with Crippen LogP contribution >= 0.6 is 0 Å². The molecule has 0 bridgehead atoms. The number of carbonyl (C=O) groups is 1. The monoisotopic (exact) mass is 301 g/mol. The van der Waals surface area contributed by atoms with Crippen LogP contribution in [0.15, 0.2) is 4.90 Å². The molecule has 1 fully saturated rings. The van der Waals surface area contributed by atoms with Gasteiger partial charge in [0, 0.05) is 13.6 Å². The van der Waals surface area contributed by atoms with Gasteiger partial charge in [-0.25, -0.2) is 8.42 Å². The number of aryl methyl sites for hydroxylation is 2. The number of rotatable bonds is 6. The molecule has 1 aromatic rings. The van der Waals surface area contributed by atoms with E-state index >= 15 is 0 Å². The minimum atomic E-state index is -3.82. The Balaban J connectivity index is 2.40. The Labute approximate surface area is 118 Å². The maximum atomic E-state index is 12.7. The van der Waals surface area contributed by atoms with E-state index in [0.29, 0.717) is 11.4 Å². The summed E-state index contributed by atoms with van der Waals surface area (Å²) >= 11 is 0. The SMILES string of the molecule is Cc1nn(C)c(C)c1S(=O)(=O)N(CC(=O)O)CC1CC1. The van der Waals surface area contributed by atoms with Gasteiger partial charge in [0.05, 0.1) is 11.4 Å². The highest BCUT2D eigenvalue weighted by molar-refractivity contribution is 7.89. The summed E-state index contributed by atoms with van der Waals surface area (Å²) in [6, 6.07) is 0. The molecule has 0 aliphatic heterocycles. The Kier molecular flexibility index (Phi) is 3.88. The first-order valence-electron chi connectivity index (χ1n) is 6.45. The number of sulfonamides is 1. The van der Waals surface area contributed by atoms with Crippen molar-refractivity contribution >= 4 is 16.0 Å². The molecule has 0 aromatic carbocycles. The normalized spacial score (nSPS) is 15.8. The van der Waals surface area contributed by atoms with E-state index in [9.17, 15) is 13.2 Å². The van der Waals surface area contributed by atoms with Gasteiger partial charge in [0.25, 0.3) is 0 Å². The summed E-state index contributed by atoms with van der Waals surface area (Å²) in [5, 5.41) is 13.0. The third-order valence-corrected chi connectivity index (χ3v) is 5.58. The van der Waals surface area contributed by atoms with Gasteiger partial charge in [-0.3, -0.25) is 9.48 Å². The first-order valence-corrected chi connectivity index (χ1v) is 7.89. The second-order valence-electron chi connectivity index (χ2n) is 5.26. The van der Waals surface area contributed by atoms with Crippen molar-refractivity contribution < 1.29 is 18.3 Å². The van der Waals surface area contributed by atoms with Crippen LogP contribution < -0.4 is 0 Å². The summed E-state index contributed by atoms with van der Waals surface area (Å²) in [6.45, 7) is 3.05. The van der Waals surface area contributed by atoms with Gasteiger partial charge < -0.3 is 5.11 Å². The van der Waals surface area contributed by atoms with Gasteiger partial charge in [0.2, 0.25) is 10.0 Å². The van der Waals surface area contributed by atoms with E-state index in [1.807, 2.05) is 0 Å². The van der Waals surface area contributed by atoms with E-state index in [1.54, 1.807) is 20.9 Å². The van der Waals surface area contributed by atoms with E-state index in [4.69, 9.17) is 5.11 Å². The van der Waals surface area contributed by atoms with Gasteiger partial charge in [-0.1, -0.05) is 0 Å². The van der Waals surface area contributed by atoms with Crippen LogP contribution in [0, 0.1) is 19.8 Å².